The van der Waals surface area contributed by atoms with E-state index >= 15 is 0 Å². The van der Waals surface area contributed by atoms with Crippen LogP contribution in [0.25, 0.3) is 0 Å². The zero-order chi connectivity index (χ0) is 14.1. The fourth-order valence-electron chi connectivity index (χ4n) is 3.44. The normalized spacial score (nSPS) is 22.6. The molecule has 1 aromatic carbocycles. The molecule has 1 aliphatic heterocycles. The van der Waals surface area contributed by atoms with Gasteiger partial charge in [-0.05, 0) is 30.9 Å². The summed E-state index contributed by atoms with van der Waals surface area (Å²) in [5, 5.41) is 9.32. The number of aliphatic carboxylic acids is 1. The first-order chi connectivity index (χ1) is 9.68. The van der Waals surface area contributed by atoms with Crippen LogP contribution in [0.1, 0.15) is 43.6 Å². The maximum atomic E-state index is 12.6. The van der Waals surface area contributed by atoms with E-state index in [0.29, 0.717) is 13.0 Å². The fourth-order valence-corrected chi connectivity index (χ4v) is 3.44. The summed E-state index contributed by atoms with van der Waals surface area (Å²) in [6.07, 6.45) is 4.71. The third-order valence-corrected chi connectivity index (χ3v) is 4.51. The molecular formula is C16H19NO3. The highest BCUT2D eigenvalue weighted by atomic mass is 16.4. The molecule has 20 heavy (non-hydrogen) atoms. The summed E-state index contributed by atoms with van der Waals surface area (Å²) >= 11 is 0. The van der Waals surface area contributed by atoms with E-state index in [1.807, 2.05) is 29.2 Å². The van der Waals surface area contributed by atoms with Crippen LogP contribution in [-0.4, -0.2) is 23.5 Å². The van der Waals surface area contributed by atoms with E-state index in [4.69, 9.17) is 0 Å². The standard InChI is InChI=1S/C16H19NO3/c18-15(11-5-1-2-6-11)17-10-9-13(16(19)20)12-7-3-4-8-14(12)17/h3-4,7-8,11,13H,1-2,5-6,9-10H2,(H,19,20). The molecule has 0 radical (unpaired) electrons. The number of para-hydroxylation sites is 1. The molecule has 1 aliphatic carbocycles. The number of hydrogen-bond donors (Lipinski definition) is 1. The van der Waals surface area contributed by atoms with Gasteiger partial charge in [0.1, 0.15) is 0 Å². The topological polar surface area (TPSA) is 57.6 Å². The second-order valence-electron chi connectivity index (χ2n) is 5.71. The van der Waals surface area contributed by atoms with E-state index in [-0.39, 0.29) is 11.8 Å². The quantitative estimate of drug-likeness (QED) is 0.901. The van der Waals surface area contributed by atoms with Crippen LogP contribution in [0.5, 0.6) is 0 Å². The number of hydrogen-bond acceptors (Lipinski definition) is 2. The molecule has 106 valence electrons. The molecule has 1 N–H and O–H groups in total. The Balaban J connectivity index is 1.92. The van der Waals surface area contributed by atoms with E-state index in [9.17, 15) is 14.7 Å². The molecule has 0 spiro atoms. The molecule has 3 rings (SSSR count). The number of anilines is 1. The maximum absolute atomic E-state index is 12.6. The van der Waals surface area contributed by atoms with E-state index in [1.165, 1.54) is 0 Å². The van der Waals surface area contributed by atoms with Gasteiger partial charge >= 0.3 is 5.97 Å². The third-order valence-electron chi connectivity index (χ3n) is 4.51. The van der Waals surface area contributed by atoms with Crippen molar-refractivity contribution in [2.75, 3.05) is 11.4 Å². The Morgan fingerprint density at radius 1 is 1.10 bits per heavy atom. The number of benzene rings is 1. The lowest BCUT2D eigenvalue weighted by Crippen LogP contribution is -2.41. The highest BCUT2D eigenvalue weighted by Gasteiger charge is 2.35. The average Bonchev–Trinajstić information content (AvgIpc) is 2.99. The smallest absolute Gasteiger partial charge is 0.311 e. The van der Waals surface area contributed by atoms with Crippen molar-refractivity contribution in [2.24, 2.45) is 5.92 Å². The average molecular weight is 273 g/mol. The van der Waals surface area contributed by atoms with Gasteiger partial charge in [0.2, 0.25) is 5.91 Å². The molecule has 0 saturated heterocycles. The molecule has 1 fully saturated rings. The Labute approximate surface area is 118 Å². The van der Waals surface area contributed by atoms with Crippen LogP contribution in [0.15, 0.2) is 24.3 Å². The van der Waals surface area contributed by atoms with Gasteiger partial charge in [-0.25, -0.2) is 0 Å². The minimum absolute atomic E-state index is 0.129. The number of carbonyl (C=O) groups excluding carboxylic acids is 1. The first-order valence-corrected chi connectivity index (χ1v) is 7.31. The molecule has 1 unspecified atom stereocenters. The van der Waals surface area contributed by atoms with Crippen molar-refractivity contribution in [3.63, 3.8) is 0 Å². The molecule has 0 aromatic heterocycles. The van der Waals surface area contributed by atoms with Gasteiger partial charge in [0.15, 0.2) is 0 Å². The van der Waals surface area contributed by atoms with Crippen LogP contribution >= 0.6 is 0 Å². The Kier molecular flexibility index (Phi) is 3.47. The molecule has 1 amide bonds. The molecule has 1 atom stereocenters. The van der Waals surface area contributed by atoms with Crippen molar-refractivity contribution in [2.45, 2.75) is 38.0 Å². The summed E-state index contributed by atoms with van der Waals surface area (Å²) in [5.41, 5.74) is 1.57. The number of amides is 1. The number of carboxylic acids is 1. The van der Waals surface area contributed by atoms with Crippen molar-refractivity contribution < 1.29 is 14.7 Å². The first kappa shape index (κ1) is 13.2. The minimum Gasteiger partial charge on any atom is -0.481 e. The molecule has 4 nitrogen and oxygen atoms in total. The van der Waals surface area contributed by atoms with Crippen LogP contribution < -0.4 is 4.90 Å². The van der Waals surface area contributed by atoms with Gasteiger partial charge in [0.05, 0.1) is 5.92 Å². The SMILES string of the molecule is O=C(O)C1CCN(C(=O)C2CCCC2)c2ccccc21. The highest BCUT2D eigenvalue weighted by molar-refractivity contribution is 5.97. The molecule has 1 aromatic rings. The van der Waals surface area contributed by atoms with Gasteiger partial charge in [-0.1, -0.05) is 31.0 Å². The van der Waals surface area contributed by atoms with Crippen molar-refractivity contribution >= 4 is 17.6 Å². The molecule has 0 bridgehead atoms. The molecule has 4 heteroatoms. The van der Waals surface area contributed by atoms with Crippen molar-refractivity contribution in [1.82, 2.24) is 0 Å². The second-order valence-corrected chi connectivity index (χ2v) is 5.71. The lowest BCUT2D eigenvalue weighted by Gasteiger charge is -2.34. The summed E-state index contributed by atoms with van der Waals surface area (Å²) in [4.78, 5) is 25.8. The van der Waals surface area contributed by atoms with Gasteiger partial charge in [-0.15, -0.1) is 0 Å². The number of nitrogens with zero attached hydrogens (tertiary/aromatic N) is 1. The van der Waals surface area contributed by atoms with Crippen LogP contribution in [-0.2, 0) is 9.59 Å². The van der Waals surface area contributed by atoms with E-state index in [0.717, 1.165) is 36.9 Å². The monoisotopic (exact) mass is 273 g/mol. The predicted molar refractivity (Wildman–Crippen MR) is 75.7 cm³/mol. The van der Waals surface area contributed by atoms with Crippen molar-refractivity contribution in [3.8, 4) is 0 Å². The van der Waals surface area contributed by atoms with E-state index in [1.54, 1.807) is 0 Å². The number of rotatable bonds is 2. The Morgan fingerprint density at radius 3 is 2.50 bits per heavy atom. The molecule has 1 heterocycles. The largest absolute Gasteiger partial charge is 0.481 e. The number of fused-ring (bicyclic) bond motifs is 1. The summed E-state index contributed by atoms with van der Waals surface area (Å²) in [6, 6.07) is 7.43. The Hall–Kier alpha value is -1.84. The van der Waals surface area contributed by atoms with Gasteiger partial charge in [0.25, 0.3) is 0 Å². The molecule has 2 aliphatic rings. The van der Waals surface area contributed by atoms with Crippen molar-refractivity contribution in [1.29, 1.82) is 0 Å². The van der Waals surface area contributed by atoms with Crippen LogP contribution in [0, 0.1) is 5.92 Å². The zero-order valence-electron chi connectivity index (χ0n) is 11.4. The lowest BCUT2D eigenvalue weighted by molar-refractivity contribution is -0.139. The maximum Gasteiger partial charge on any atom is 0.311 e. The number of carboxylic acid groups (broad SMARTS) is 1. The van der Waals surface area contributed by atoms with E-state index < -0.39 is 11.9 Å². The zero-order valence-corrected chi connectivity index (χ0v) is 11.4. The second kappa shape index (κ2) is 5.27. The number of carbonyl (C=O) groups is 2. The van der Waals surface area contributed by atoms with Gasteiger partial charge in [0, 0.05) is 18.2 Å². The summed E-state index contributed by atoms with van der Waals surface area (Å²) in [5.74, 6) is -0.979. The predicted octanol–water partition coefficient (Wildman–Crippen LogP) is 2.78. The Morgan fingerprint density at radius 2 is 1.80 bits per heavy atom. The summed E-state index contributed by atoms with van der Waals surface area (Å²) in [7, 11) is 0. The summed E-state index contributed by atoms with van der Waals surface area (Å²) < 4.78 is 0. The Bertz CT molecular complexity index is 534. The van der Waals surface area contributed by atoms with Crippen molar-refractivity contribution in [3.05, 3.63) is 29.8 Å². The van der Waals surface area contributed by atoms with Crippen LogP contribution in [0.3, 0.4) is 0 Å². The van der Waals surface area contributed by atoms with Crippen LogP contribution in [0.2, 0.25) is 0 Å². The minimum atomic E-state index is -0.801. The van der Waals surface area contributed by atoms with E-state index in [2.05, 4.69) is 0 Å². The van der Waals surface area contributed by atoms with Gasteiger partial charge in [-0.2, -0.15) is 0 Å². The first-order valence-electron chi connectivity index (χ1n) is 7.31. The summed E-state index contributed by atoms with van der Waals surface area (Å²) in [6.45, 7) is 0.517. The third kappa shape index (κ3) is 2.19. The molecular weight excluding hydrogens is 254 g/mol. The van der Waals surface area contributed by atoms with Crippen LogP contribution in [0.4, 0.5) is 5.69 Å². The van der Waals surface area contributed by atoms with Gasteiger partial charge < -0.3 is 10.0 Å². The fraction of sp³-hybridized carbons (Fsp3) is 0.500. The van der Waals surface area contributed by atoms with Gasteiger partial charge in [-0.3, -0.25) is 9.59 Å². The lowest BCUT2D eigenvalue weighted by atomic mass is 9.89. The highest BCUT2D eigenvalue weighted by Crippen LogP contribution is 2.37. The molecule has 1 saturated carbocycles.